The second-order valence-corrected chi connectivity index (χ2v) is 23.1. The van der Waals surface area contributed by atoms with Crippen molar-refractivity contribution >= 4 is 12.0 Å². The number of anilines is 1. The van der Waals surface area contributed by atoms with Gasteiger partial charge in [0.2, 0.25) is 0 Å². The number of hydrogen-bond donors (Lipinski definition) is 4. The van der Waals surface area contributed by atoms with Crippen molar-refractivity contribution in [2.45, 2.75) is 162 Å². The zero-order valence-electron chi connectivity index (χ0n) is 50.5. The highest BCUT2D eigenvalue weighted by atomic mass is 19.3. The number of carbonyl (C=O) groups is 1. The molecule has 0 bridgehead atoms. The number of allylic oxidation sites excluding steroid dienone is 3. The van der Waals surface area contributed by atoms with Gasteiger partial charge in [-0.25, -0.2) is 8.78 Å². The quantitative estimate of drug-likeness (QED) is 0.00946. The number of nitrogens with two attached hydrogens (primary N) is 2. The summed E-state index contributed by atoms with van der Waals surface area (Å²) in [6, 6.07) is 18.8. The molecule has 13 heteroatoms. The molecule has 7 rings (SSSR count). The maximum Gasteiger partial charge on any atom is 0.263 e. The summed E-state index contributed by atoms with van der Waals surface area (Å²) in [4.78, 5) is 24.4. The number of pyridine rings is 1. The summed E-state index contributed by atoms with van der Waals surface area (Å²) < 4.78 is 34.7. The number of carbonyl (C=O) groups excluding carboxylic acids is 1. The number of likely N-dealkylation sites (N-methyl/N-ethyl adjacent to an activating group) is 2. The Hall–Kier alpha value is -5.80. The largest absolute Gasteiger partial charge is 0.501 e. The summed E-state index contributed by atoms with van der Waals surface area (Å²) in [6.07, 6.45) is 18.1. The van der Waals surface area contributed by atoms with Crippen LogP contribution in [0.15, 0.2) is 104 Å². The van der Waals surface area contributed by atoms with Crippen LogP contribution in [0, 0.1) is 41.6 Å². The zero-order chi connectivity index (χ0) is 59.2. The third-order valence-corrected chi connectivity index (χ3v) is 16.6. The van der Waals surface area contributed by atoms with E-state index in [-0.39, 0.29) is 40.4 Å². The van der Waals surface area contributed by atoms with Crippen molar-refractivity contribution in [2.75, 3.05) is 65.1 Å². The van der Waals surface area contributed by atoms with Gasteiger partial charge in [-0.3, -0.25) is 26.5 Å². The first-order valence-corrected chi connectivity index (χ1v) is 29.2. The number of terminal acetylenes is 1. The van der Waals surface area contributed by atoms with Crippen LogP contribution in [-0.4, -0.2) is 97.8 Å². The smallest absolute Gasteiger partial charge is 0.263 e. The van der Waals surface area contributed by atoms with Gasteiger partial charge in [0.25, 0.3) is 6.43 Å². The first-order chi connectivity index (χ1) is 38.3. The molecule has 3 aliphatic heterocycles. The van der Waals surface area contributed by atoms with E-state index in [0.29, 0.717) is 31.4 Å². The Bertz CT molecular complexity index is 2580. The van der Waals surface area contributed by atoms with Gasteiger partial charge in [-0.05, 0) is 172 Å². The summed E-state index contributed by atoms with van der Waals surface area (Å²) in [5, 5.41) is 3.17. The van der Waals surface area contributed by atoms with Crippen LogP contribution in [0.5, 0.6) is 0 Å². The molecular weight excluding hydrogens is 1000 g/mol. The monoisotopic (exact) mass is 1100 g/mol. The van der Waals surface area contributed by atoms with E-state index in [1.54, 1.807) is 24.1 Å². The molecule has 1 aromatic heterocycles. The number of hydrogen-bond acceptors (Lipinski definition) is 11. The SMILES string of the molecule is C#CN(C)C(C=O)C1CCCC1.C=C(C#CC(C)(C)N1CCC1)N1CNC1.C=COCC(C)(C)CC1c2cc(-c3cc(CC(CC)C(=C)C(=C)CCCNN)cc(C(F)F)c3)ccc2N(CC)C1c1cccnc1C(C)CC.CN. The Morgan fingerprint density at radius 2 is 1.70 bits per heavy atom. The third kappa shape index (κ3) is 18.1. The number of benzene rings is 2. The number of alkyl halides is 2. The molecule has 0 amide bonds. The molecule has 2 aromatic carbocycles. The van der Waals surface area contributed by atoms with E-state index in [1.165, 1.54) is 62.5 Å². The average Bonchev–Trinajstić information content (AvgIpc) is 4.30. The highest BCUT2D eigenvalue weighted by Crippen LogP contribution is 2.55. The van der Waals surface area contributed by atoms with Crippen molar-refractivity contribution in [3.63, 3.8) is 0 Å². The van der Waals surface area contributed by atoms with Crippen molar-refractivity contribution in [3.05, 3.63) is 132 Å². The minimum absolute atomic E-state index is 0.000510. The molecule has 0 radical (unpaired) electrons. The first-order valence-electron chi connectivity index (χ1n) is 29.2. The average molecular weight is 1100 g/mol. The van der Waals surface area contributed by atoms with Crippen molar-refractivity contribution in [2.24, 2.45) is 28.8 Å². The molecule has 2 saturated heterocycles. The van der Waals surface area contributed by atoms with Crippen LogP contribution < -0.4 is 27.2 Å². The Morgan fingerprint density at radius 1 is 1.00 bits per heavy atom. The van der Waals surface area contributed by atoms with Crippen molar-refractivity contribution in [1.82, 2.24) is 30.4 Å². The van der Waals surface area contributed by atoms with E-state index in [2.05, 4.69) is 167 Å². The van der Waals surface area contributed by atoms with Gasteiger partial charge in [0.15, 0.2) is 0 Å². The number of halogens is 2. The molecule has 1 aliphatic carbocycles. The van der Waals surface area contributed by atoms with E-state index in [9.17, 15) is 13.6 Å². The van der Waals surface area contributed by atoms with Gasteiger partial charge in [0.1, 0.15) is 6.29 Å². The number of nitrogens with one attached hydrogen (secondary N) is 2. The molecule has 3 fully saturated rings. The first kappa shape index (κ1) is 66.7. The molecule has 3 aromatic rings. The van der Waals surface area contributed by atoms with Gasteiger partial charge in [0, 0.05) is 68.3 Å². The predicted octanol–water partition coefficient (Wildman–Crippen LogP) is 13.0. The molecule has 4 heterocycles. The molecule has 5 atom stereocenters. The van der Waals surface area contributed by atoms with Crippen LogP contribution >= 0.6 is 0 Å². The molecule has 1 saturated carbocycles. The second kappa shape index (κ2) is 32.6. The van der Waals surface area contributed by atoms with Gasteiger partial charge >= 0.3 is 0 Å². The predicted molar refractivity (Wildman–Crippen MR) is 330 cm³/mol. The highest BCUT2D eigenvalue weighted by molar-refractivity contribution is 5.74. The van der Waals surface area contributed by atoms with Crippen LogP contribution in [0.2, 0.25) is 0 Å². The summed E-state index contributed by atoms with van der Waals surface area (Å²) in [5.41, 5.74) is 17.4. The van der Waals surface area contributed by atoms with Crippen LogP contribution in [0.3, 0.4) is 0 Å². The number of ether oxygens (including phenoxy) is 1. The maximum absolute atomic E-state index is 14.5. The maximum atomic E-state index is 14.5. The molecule has 5 unspecified atom stereocenters. The van der Waals surface area contributed by atoms with Gasteiger partial charge < -0.3 is 30.0 Å². The fraction of sp³-hybridized carbons (Fsp3) is 0.552. The summed E-state index contributed by atoms with van der Waals surface area (Å²) in [5.74, 6) is 13.0. The molecule has 80 heavy (non-hydrogen) atoms. The summed E-state index contributed by atoms with van der Waals surface area (Å²) >= 11 is 0. The fourth-order valence-electron chi connectivity index (χ4n) is 11.4. The van der Waals surface area contributed by atoms with Gasteiger partial charge in [-0.2, -0.15) is 0 Å². The van der Waals surface area contributed by atoms with E-state index in [4.69, 9.17) is 22.0 Å². The van der Waals surface area contributed by atoms with Gasteiger partial charge in [-0.15, -0.1) is 0 Å². The second-order valence-electron chi connectivity index (χ2n) is 23.1. The molecule has 4 aliphatic rings. The molecule has 6 N–H and O–H groups in total. The lowest BCUT2D eigenvalue weighted by Crippen LogP contribution is -2.51. The van der Waals surface area contributed by atoms with Crippen molar-refractivity contribution < 1.29 is 18.3 Å². The summed E-state index contributed by atoms with van der Waals surface area (Å²) in [6.45, 7) is 40.3. The normalized spacial score (nSPS) is 17.8. The Balaban J connectivity index is 0.000000381. The lowest BCUT2D eigenvalue weighted by Gasteiger charge is -2.41. The lowest BCUT2D eigenvalue weighted by molar-refractivity contribution is -0.112. The summed E-state index contributed by atoms with van der Waals surface area (Å²) in [7, 11) is 3.30. The van der Waals surface area contributed by atoms with Crippen LogP contribution in [0.4, 0.5) is 14.5 Å². The number of nitrogens with zero attached hydrogens (tertiary/aromatic N) is 5. The van der Waals surface area contributed by atoms with Crippen molar-refractivity contribution in [3.8, 4) is 35.4 Å². The number of likely N-dealkylation sites (tertiary alicyclic amines) is 1. The van der Waals surface area contributed by atoms with Crippen LogP contribution in [0.25, 0.3) is 11.1 Å². The van der Waals surface area contributed by atoms with Crippen LogP contribution in [-0.2, 0) is 16.0 Å². The molecular formula is C67H99F2N9O2. The van der Waals surface area contributed by atoms with E-state index in [0.717, 1.165) is 110 Å². The fourth-order valence-corrected chi connectivity index (χ4v) is 11.4. The van der Waals surface area contributed by atoms with Crippen LogP contribution in [0.1, 0.15) is 172 Å². The highest BCUT2D eigenvalue weighted by Gasteiger charge is 2.43. The number of aldehydes is 1. The third-order valence-electron chi connectivity index (χ3n) is 16.6. The Labute approximate surface area is 482 Å². The van der Waals surface area contributed by atoms with E-state index in [1.807, 2.05) is 6.20 Å². The topological polar surface area (TPSA) is 128 Å². The minimum Gasteiger partial charge on any atom is -0.501 e. The molecule has 0 spiro atoms. The van der Waals surface area contributed by atoms with Crippen molar-refractivity contribution in [1.29, 1.82) is 0 Å². The van der Waals surface area contributed by atoms with E-state index < -0.39 is 6.43 Å². The zero-order valence-corrected chi connectivity index (χ0v) is 50.5. The lowest BCUT2D eigenvalue weighted by atomic mass is 9.75. The van der Waals surface area contributed by atoms with Gasteiger partial charge in [-0.1, -0.05) is 116 Å². The van der Waals surface area contributed by atoms with Gasteiger partial charge in [0.05, 0.1) is 49.5 Å². The molecule has 11 nitrogen and oxygen atoms in total. The number of aromatic nitrogens is 1. The van der Waals surface area contributed by atoms with E-state index >= 15 is 0 Å². The minimum atomic E-state index is -2.58. The molecule has 438 valence electrons. The standard InChI is InChI=1S/C44H60F2N4O.C12H19N3.C10H15NO.CH5N/c1-10-29(5)41-37(17-15-20-48-41)42-39(27-44(8,9)28-51-13-4)38-26-34(18-19-40(38)50(42)12-3)35-23-32(24-36(25-35)43(45)46)22-33(11-2)31(7)30(6)16-14-21-49-47;1-11(14-9-13-10-14)5-6-12(2,3)15-7-4-8-15;1-3-11(2)10(8-12)9-6-4-5-7-9;1-2/h13,15,17-20,23-26,29,33,39,42-43,49H,4,6-7,10-12,14,16,21-22,27-28,47H2,1-3,5,8-9H3;13H,1,4,7-10H2,2-3H3;1,8-10H,4-7H2,2H3;2H2,1H3. The Kier molecular flexibility index (Phi) is 27.2. The number of rotatable bonds is 25. The number of hydrazine groups is 1. The number of fused-ring (bicyclic) bond motifs is 1. The Morgan fingerprint density at radius 3 is 2.25 bits per heavy atom.